The summed E-state index contributed by atoms with van der Waals surface area (Å²) < 4.78 is 5.89. The van der Waals surface area contributed by atoms with Crippen LogP contribution >= 0.6 is 11.8 Å². The molecule has 0 N–H and O–H groups in total. The van der Waals surface area contributed by atoms with Crippen LogP contribution in [0.15, 0.2) is 47.4 Å². The van der Waals surface area contributed by atoms with Crippen LogP contribution in [0, 0.1) is 6.92 Å². The second kappa shape index (κ2) is 8.85. The van der Waals surface area contributed by atoms with Crippen LogP contribution in [-0.2, 0) is 4.79 Å². The highest BCUT2D eigenvalue weighted by Gasteiger charge is 2.25. The maximum atomic E-state index is 12.5. The van der Waals surface area contributed by atoms with Crippen molar-refractivity contribution < 1.29 is 9.53 Å². The second-order valence-electron chi connectivity index (χ2n) is 6.15. The Hall–Kier alpha value is -2.08. The van der Waals surface area contributed by atoms with Gasteiger partial charge in [0.25, 0.3) is 0 Å². The van der Waals surface area contributed by atoms with Gasteiger partial charge in [-0.15, -0.1) is 16.9 Å². The number of ether oxygens (including phenoxy) is 1. The lowest BCUT2D eigenvalue weighted by Crippen LogP contribution is -2.44. The van der Waals surface area contributed by atoms with Gasteiger partial charge in [0.15, 0.2) is 0 Å². The quantitative estimate of drug-likeness (QED) is 0.742. The predicted octanol–water partition coefficient (Wildman–Crippen LogP) is 3.34. The van der Waals surface area contributed by atoms with Gasteiger partial charge in [-0.1, -0.05) is 18.2 Å². The van der Waals surface area contributed by atoms with Crippen LogP contribution in [0.5, 0.6) is 5.88 Å². The van der Waals surface area contributed by atoms with E-state index in [1.807, 2.05) is 42.2 Å². The largest absolute Gasteiger partial charge is 0.471 e. The minimum absolute atomic E-state index is 0.00326. The SMILES string of the molecule is Cc1ccc(OC2CCCN(C(=O)CCSc3ccccc3)C2)nn1. The van der Waals surface area contributed by atoms with E-state index < -0.39 is 0 Å². The molecule has 5 nitrogen and oxygen atoms in total. The van der Waals surface area contributed by atoms with E-state index in [1.54, 1.807) is 11.8 Å². The molecule has 132 valence electrons. The Balaban J connectivity index is 1.45. The van der Waals surface area contributed by atoms with Crippen LogP contribution in [-0.4, -0.2) is 46.0 Å². The maximum absolute atomic E-state index is 12.5. The summed E-state index contributed by atoms with van der Waals surface area (Å²) in [6.45, 7) is 3.34. The lowest BCUT2D eigenvalue weighted by Gasteiger charge is -2.32. The Kier molecular flexibility index (Phi) is 6.28. The highest BCUT2D eigenvalue weighted by atomic mass is 32.2. The molecule has 1 aromatic carbocycles. The summed E-state index contributed by atoms with van der Waals surface area (Å²) in [6.07, 6.45) is 2.45. The number of carbonyl (C=O) groups is 1. The van der Waals surface area contributed by atoms with Crippen molar-refractivity contribution in [2.24, 2.45) is 0 Å². The number of aryl methyl sites for hydroxylation is 1. The van der Waals surface area contributed by atoms with E-state index in [0.29, 0.717) is 18.8 Å². The molecule has 25 heavy (non-hydrogen) atoms. The van der Waals surface area contributed by atoms with Gasteiger partial charge in [0.1, 0.15) is 6.10 Å². The molecule has 0 spiro atoms. The van der Waals surface area contributed by atoms with E-state index in [2.05, 4.69) is 22.3 Å². The molecule has 1 atom stereocenters. The van der Waals surface area contributed by atoms with Gasteiger partial charge in [-0.3, -0.25) is 4.79 Å². The third-order valence-corrected chi connectivity index (χ3v) is 5.13. The van der Waals surface area contributed by atoms with Crippen LogP contribution in [0.2, 0.25) is 0 Å². The number of rotatable bonds is 6. The third kappa shape index (κ3) is 5.46. The van der Waals surface area contributed by atoms with Gasteiger partial charge in [0.2, 0.25) is 11.8 Å². The Morgan fingerprint density at radius 2 is 2.08 bits per heavy atom. The van der Waals surface area contributed by atoms with E-state index in [9.17, 15) is 4.79 Å². The van der Waals surface area contributed by atoms with Crippen molar-refractivity contribution >= 4 is 17.7 Å². The van der Waals surface area contributed by atoms with Crippen LogP contribution in [0.3, 0.4) is 0 Å². The highest BCUT2D eigenvalue weighted by Crippen LogP contribution is 2.20. The zero-order chi connectivity index (χ0) is 17.5. The lowest BCUT2D eigenvalue weighted by atomic mass is 10.1. The molecule has 1 aromatic heterocycles. The first-order valence-electron chi connectivity index (χ1n) is 8.63. The van der Waals surface area contributed by atoms with Crippen LogP contribution in [0.25, 0.3) is 0 Å². The molecule has 1 aliphatic heterocycles. The lowest BCUT2D eigenvalue weighted by molar-refractivity contribution is -0.133. The molecule has 0 aliphatic carbocycles. The van der Waals surface area contributed by atoms with Gasteiger partial charge < -0.3 is 9.64 Å². The zero-order valence-corrected chi connectivity index (χ0v) is 15.2. The Morgan fingerprint density at radius 3 is 2.84 bits per heavy atom. The van der Waals surface area contributed by atoms with Gasteiger partial charge in [-0.25, -0.2) is 0 Å². The molecule has 3 rings (SSSR count). The fraction of sp³-hybridized carbons (Fsp3) is 0.421. The number of benzene rings is 1. The molecule has 0 bridgehead atoms. The van der Waals surface area contributed by atoms with Crippen molar-refractivity contribution in [3.05, 3.63) is 48.2 Å². The number of carbonyl (C=O) groups excluding carboxylic acids is 1. The summed E-state index contributed by atoms with van der Waals surface area (Å²) in [6, 6.07) is 13.9. The summed E-state index contributed by atoms with van der Waals surface area (Å²) in [5.74, 6) is 1.53. The Labute approximate surface area is 152 Å². The molecule has 1 aliphatic rings. The first-order chi connectivity index (χ1) is 12.2. The second-order valence-corrected chi connectivity index (χ2v) is 7.31. The Bertz CT molecular complexity index is 679. The van der Waals surface area contributed by atoms with Crippen molar-refractivity contribution in [3.63, 3.8) is 0 Å². The van der Waals surface area contributed by atoms with E-state index in [0.717, 1.165) is 30.8 Å². The van der Waals surface area contributed by atoms with Crippen LogP contribution in [0.4, 0.5) is 0 Å². The number of nitrogens with zero attached hydrogens (tertiary/aromatic N) is 3. The number of likely N-dealkylation sites (tertiary alicyclic amines) is 1. The molecular formula is C19H23N3O2S. The van der Waals surface area contributed by atoms with Gasteiger partial charge >= 0.3 is 0 Å². The topological polar surface area (TPSA) is 55.3 Å². The van der Waals surface area contributed by atoms with Gasteiger partial charge in [0.05, 0.1) is 12.2 Å². The number of hydrogen-bond donors (Lipinski definition) is 0. The minimum atomic E-state index is -0.00326. The summed E-state index contributed by atoms with van der Waals surface area (Å²) in [5, 5.41) is 8.06. The zero-order valence-electron chi connectivity index (χ0n) is 14.4. The van der Waals surface area contributed by atoms with Crippen LogP contribution in [0.1, 0.15) is 25.0 Å². The van der Waals surface area contributed by atoms with Crippen molar-refractivity contribution in [2.45, 2.75) is 37.2 Å². The fourth-order valence-corrected chi connectivity index (χ4v) is 3.67. The van der Waals surface area contributed by atoms with Crippen molar-refractivity contribution in [1.29, 1.82) is 0 Å². The van der Waals surface area contributed by atoms with E-state index in [4.69, 9.17) is 4.74 Å². The van der Waals surface area contributed by atoms with Gasteiger partial charge in [-0.05, 0) is 38.0 Å². The molecule has 6 heteroatoms. The van der Waals surface area contributed by atoms with Crippen molar-refractivity contribution in [3.8, 4) is 5.88 Å². The molecule has 2 heterocycles. The van der Waals surface area contributed by atoms with E-state index in [-0.39, 0.29) is 12.0 Å². The smallest absolute Gasteiger partial charge is 0.233 e. The van der Waals surface area contributed by atoms with Crippen molar-refractivity contribution in [1.82, 2.24) is 15.1 Å². The first kappa shape index (κ1) is 17.7. The average Bonchev–Trinajstić information content (AvgIpc) is 2.65. The van der Waals surface area contributed by atoms with Crippen molar-refractivity contribution in [2.75, 3.05) is 18.8 Å². The molecule has 1 amide bonds. The molecule has 1 fully saturated rings. The first-order valence-corrected chi connectivity index (χ1v) is 9.62. The summed E-state index contributed by atoms with van der Waals surface area (Å²) >= 11 is 1.72. The minimum Gasteiger partial charge on any atom is -0.471 e. The number of aromatic nitrogens is 2. The standard InChI is InChI=1S/C19H23N3O2S/c1-15-9-10-18(21-20-15)24-16-6-5-12-22(14-16)19(23)11-13-25-17-7-3-2-4-8-17/h2-4,7-10,16H,5-6,11-14H2,1H3. The number of hydrogen-bond acceptors (Lipinski definition) is 5. The molecule has 1 saturated heterocycles. The molecule has 1 unspecified atom stereocenters. The Morgan fingerprint density at radius 1 is 1.24 bits per heavy atom. The summed E-state index contributed by atoms with van der Waals surface area (Å²) in [5.41, 5.74) is 0.865. The van der Waals surface area contributed by atoms with Gasteiger partial charge in [0, 0.05) is 29.7 Å². The summed E-state index contributed by atoms with van der Waals surface area (Å²) in [4.78, 5) is 15.6. The number of piperidine rings is 1. The maximum Gasteiger partial charge on any atom is 0.233 e. The average molecular weight is 357 g/mol. The fourth-order valence-electron chi connectivity index (χ4n) is 2.81. The molecule has 0 radical (unpaired) electrons. The van der Waals surface area contributed by atoms with Gasteiger partial charge in [-0.2, -0.15) is 5.10 Å². The molecule has 2 aromatic rings. The monoisotopic (exact) mass is 357 g/mol. The normalized spacial score (nSPS) is 17.3. The van der Waals surface area contributed by atoms with E-state index >= 15 is 0 Å². The highest BCUT2D eigenvalue weighted by molar-refractivity contribution is 7.99. The number of amides is 1. The molecular weight excluding hydrogens is 334 g/mol. The van der Waals surface area contributed by atoms with E-state index in [1.165, 1.54) is 4.90 Å². The van der Waals surface area contributed by atoms with Crippen LogP contribution < -0.4 is 4.74 Å². The predicted molar refractivity (Wildman–Crippen MR) is 98.8 cm³/mol. The number of thioether (sulfide) groups is 1. The summed E-state index contributed by atoms with van der Waals surface area (Å²) in [7, 11) is 0. The molecule has 0 saturated carbocycles. The third-order valence-electron chi connectivity index (χ3n) is 4.12.